The van der Waals surface area contributed by atoms with Crippen molar-refractivity contribution in [3.63, 3.8) is 0 Å². The van der Waals surface area contributed by atoms with Gasteiger partial charge in [0.1, 0.15) is 0 Å². The fraction of sp³-hybridized carbons (Fsp3) is 0.125. The van der Waals surface area contributed by atoms with Crippen molar-refractivity contribution in [3.05, 3.63) is 105 Å². The quantitative estimate of drug-likeness (QED) is 0.406. The number of nitrogens with zero attached hydrogens (tertiary/aromatic N) is 4. The minimum atomic E-state index is -0.518. The lowest BCUT2D eigenvalue weighted by atomic mass is 9.87. The smallest absolute Gasteiger partial charge is 0.279 e. The van der Waals surface area contributed by atoms with Crippen molar-refractivity contribution in [2.24, 2.45) is 5.16 Å². The van der Waals surface area contributed by atoms with E-state index in [1.54, 1.807) is 30.3 Å². The van der Waals surface area contributed by atoms with Crippen molar-refractivity contribution in [3.8, 4) is 5.69 Å². The highest BCUT2D eigenvalue weighted by atomic mass is 16.4. The summed E-state index contributed by atoms with van der Waals surface area (Å²) in [6.07, 6.45) is 0. The van der Waals surface area contributed by atoms with Gasteiger partial charge in [0.25, 0.3) is 11.1 Å². The first-order valence-corrected chi connectivity index (χ1v) is 9.89. The first kappa shape index (κ1) is 18.9. The van der Waals surface area contributed by atoms with E-state index in [2.05, 4.69) is 5.16 Å². The fourth-order valence-electron chi connectivity index (χ4n) is 4.27. The van der Waals surface area contributed by atoms with Gasteiger partial charge < -0.3 is 10.1 Å². The number of rotatable bonds is 2. The lowest BCUT2D eigenvalue weighted by molar-refractivity contribution is 0.312. The molecule has 31 heavy (non-hydrogen) atoms. The number of para-hydroxylation sites is 1. The van der Waals surface area contributed by atoms with Crippen molar-refractivity contribution in [2.75, 3.05) is 19.0 Å². The highest BCUT2D eigenvalue weighted by Crippen LogP contribution is 2.35. The molecule has 1 atom stereocenters. The van der Waals surface area contributed by atoms with Gasteiger partial charge in [0, 0.05) is 19.8 Å². The Labute approximate surface area is 177 Å². The van der Waals surface area contributed by atoms with Crippen LogP contribution in [0.15, 0.2) is 87.5 Å². The van der Waals surface area contributed by atoms with Gasteiger partial charge in [-0.15, -0.1) is 0 Å². The van der Waals surface area contributed by atoms with Crippen LogP contribution in [0.5, 0.6) is 0 Å². The Bertz CT molecular complexity index is 1460. The second kappa shape index (κ2) is 6.98. The lowest BCUT2D eigenvalue weighted by Crippen LogP contribution is -2.47. The molecule has 1 unspecified atom stereocenters. The Kier molecular flexibility index (Phi) is 4.25. The molecule has 0 amide bonds. The Morgan fingerprint density at radius 1 is 0.806 bits per heavy atom. The van der Waals surface area contributed by atoms with E-state index in [-0.39, 0.29) is 16.8 Å². The third kappa shape index (κ3) is 2.70. The van der Waals surface area contributed by atoms with Gasteiger partial charge in [0.2, 0.25) is 0 Å². The molecule has 7 nitrogen and oxygen atoms in total. The van der Waals surface area contributed by atoms with Crippen LogP contribution in [0.1, 0.15) is 17.0 Å². The fourth-order valence-corrected chi connectivity index (χ4v) is 4.27. The van der Waals surface area contributed by atoms with Gasteiger partial charge in [0.05, 0.1) is 22.4 Å². The van der Waals surface area contributed by atoms with Crippen molar-refractivity contribution in [1.82, 2.24) is 9.36 Å². The number of aromatic nitrogens is 2. The summed E-state index contributed by atoms with van der Waals surface area (Å²) in [5.74, 6) is -0.431. The number of hydrogen-bond acceptors (Lipinski definition) is 5. The van der Waals surface area contributed by atoms with Crippen LogP contribution < -0.4 is 16.0 Å². The van der Waals surface area contributed by atoms with Crippen LogP contribution >= 0.6 is 0 Å². The van der Waals surface area contributed by atoms with Crippen molar-refractivity contribution in [2.45, 2.75) is 5.92 Å². The molecule has 0 saturated carbocycles. The molecule has 1 N–H and O–H groups in total. The summed E-state index contributed by atoms with van der Waals surface area (Å²) in [6.45, 7) is 0. The summed E-state index contributed by atoms with van der Waals surface area (Å²) in [6, 6.07) is 21.9. The third-order valence-electron chi connectivity index (χ3n) is 5.77. The van der Waals surface area contributed by atoms with E-state index in [9.17, 15) is 14.8 Å². The Hall–Kier alpha value is -4.13. The van der Waals surface area contributed by atoms with Gasteiger partial charge in [-0.25, -0.2) is 4.68 Å². The van der Waals surface area contributed by atoms with Gasteiger partial charge in [-0.3, -0.25) is 9.59 Å². The Balaban J connectivity index is 1.87. The average molecular weight is 412 g/mol. The van der Waals surface area contributed by atoms with Crippen LogP contribution in [0.4, 0.5) is 5.69 Å². The zero-order valence-electron chi connectivity index (χ0n) is 17.1. The number of benzene rings is 3. The normalized spacial score (nSPS) is 16.2. The van der Waals surface area contributed by atoms with Crippen LogP contribution in [0.25, 0.3) is 16.5 Å². The predicted octanol–water partition coefficient (Wildman–Crippen LogP) is 3.00. The molecule has 5 rings (SSSR count). The van der Waals surface area contributed by atoms with Crippen LogP contribution in [-0.4, -0.2) is 34.5 Å². The molecule has 1 aliphatic rings. The summed E-state index contributed by atoms with van der Waals surface area (Å²) < 4.78 is 2.50. The van der Waals surface area contributed by atoms with E-state index in [0.29, 0.717) is 11.1 Å². The van der Waals surface area contributed by atoms with Crippen LogP contribution in [-0.2, 0) is 0 Å². The predicted molar refractivity (Wildman–Crippen MR) is 121 cm³/mol. The van der Waals surface area contributed by atoms with Crippen LogP contribution in [0.3, 0.4) is 0 Å². The largest absolute Gasteiger partial charge is 0.409 e. The molecule has 1 aliphatic heterocycles. The summed E-state index contributed by atoms with van der Waals surface area (Å²) in [7, 11) is 3.91. The maximum Gasteiger partial charge on any atom is 0.279 e. The molecule has 2 heterocycles. The van der Waals surface area contributed by atoms with Crippen LogP contribution in [0, 0.1) is 0 Å². The molecule has 3 aromatic carbocycles. The van der Waals surface area contributed by atoms with Gasteiger partial charge in [-0.2, -0.15) is 4.68 Å². The van der Waals surface area contributed by atoms with Gasteiger partial charge >= 0.3 is 0 Å². The van der Waals surface area contributed by atoms with Crippen LogP contribution in [0.2, 0.25) is 0 Å². The minimum Gasteiger partial charge on any atom is -0.409 e. The Morgan fingerprint density at radius 2 is 1.39 bits per heavy atom. The number of anilines is 1. The molecule has 1 aromatic heterocycles. The topological polar surface area (TPSA) is 79.8 Å². The molecule has 4 aromatic rings. The molecule has 0 radical (unpaired) electrons. The maximum atomic E-state index is 13.4. The minimum absolute atomic E-state index is 0.0872. The molecule has 0 fully saturated rings. The third-order valence-corrected chi connectivity index (χ3v) is 5.77. The SMILES string of the molecule is CN(C)c1ccc(C2/C(=N\O)n3c(=O)c4ccccc4c(=O)n3-c3ccccc32)cc1. The van der Waals surface area contributed by atoms with Gasteiger partial charge in [-0.05, 0) is 41.5 Å². The highest BCUT2D eigenvalue weighted by Gasteiger charge is 2.34. The second-order valence-electron chi connectivity index (χ2n) is 7.72. The highest BCUT2D eigenvalue weighted by molar-refractivity contribution is 5.97. The number of hydrogen-bond donors (Lipinski definition) is 1. The van der Waals surface area contributed by atoms with Gasteiger partial charge in [-0.1, -0.05) is 47.6 Å². The molecule has 154 valence electrons. The zero-order chi connectivity index (χ0) is 21.7. The van der Waals surface area contributed by atoms with E-state index in [1.165, 1.54) is 9.36 Å². The summed E-state index contributed by atoms with van der Waals surface area (Å²) in [5, 5.41) is 14.2. The molecule has 0 spiro atoms. The van der Waals surface area contributed by atoms with Gasteiger partial charge in [0.15, 0.2) is 5.84 Å². The Morgan fingerprint density at radius 3 is 2.00 bits per heavy atom. The molecule has 0 bridgehead atoms. The summed E-state index contributed by atoms with van der Waals surface area (Å²) in [4.78, 5) is 28.8. The zero-order valence-corrected chi connectivity index (χ0v) is 17.1. The molecule has 7 heteroatoms. The van der Waals surface area contributed by atoms with Crippen molar-refractivity contribution < 1.29 is 5.21 Å². The van der Waals surface area contributed by atoms with E-state index < -0.39 is 11.5 Å². The standard InChI is InChI=1S/C24H20N4O3/c1-26(2)16-13-11-15(12-14-16)21-19-9-5-6-10-20(19)27-23(29)17-7-3-4-8-18(17)24(30)28(27)22(21)25-31/h3-14,21,31H,1-2H3/b25-22+. The number of fused-ring (bicyclic) bond motifs is 4. The molecule has 0 saturated heterocycles. The van der Waals surface area contributed by atoms with E-state index in [4.69, 9.17) is 0 Å². The van der Waals surface area contributed by atoms with Crippen molar-refractivity contribution in [1.29, 1.82) is 0 Å². The molecule has 0 aliphatic carbocycles. The number of oxime groups is 1. The summed E-state index contributed by atoms with van der Waals surface area (Å²) >= 11 is 0. The first-order valence-electron chi connectivity index (χ1n) is 9.89. The lowest BCUT2D eigenvalue weighted by Gasteiger charge is -2.31. The van der Waals surface area contributed by atoms with E-state index in [0.717, 1.165) is 16.8 Å². The first-order chi connectivity index (χ1) is 15.0. The van der Waals surface area contributed by atoms with Crippen molar-refractivity contribution >= 4 is 22.3 Å². The monoisotopic (exact) mass is 412 g/mol. The molecular weight excluding hydrogens is 392 g/mol. The maximum absolute atomic E-state index is 13.4. The average Bonchev–Trinajstić information content (AvgIpc) is 2.81. The van der Waals surface area contributed by atoms with E-state index in [1.807, 2.05) is 61.5 Å². The second-order valence-corrected chi connectivity index (χ2v) is 7.72. The summed E-state index contributed by atoms with van der Waals surface area (Å²) in [5.41, 5.74) is 2.49. The van der Waals surface area contributed by atoms with E-state index >= 15 is 0 Å². The molecular formula is C24H20N4O3.